The highest BCUT2D eigenvalue weighted by Crippen LogP contribution is 2.30. The summed E-state index contributed by atoms with van der Waals surface area (Å²) >= 11 is 7.16. The Morgan fingerprint density at radius 1 is 0.676 bits per heavy atom. The number of carboxylic acid groups (broad SMARTS) is 1. The molecule has 360 valence electrons. The summed E-state index contributed by atoms with van der Waals surface area (Å²) in [5, 5.41) is 27.0. The van der Waals surface area contributed by atoms with Gasteiger partial charge in [0.15, 0.2) is 0 Å². The number of carbonyl (C=O) groups is 4. The lowest BCUT2D eigenvalue weighted by Crippen LogP contribution is -2.44. The van der Waals surface area contributed by atoms with E-state index in [0.29, 0.717) is 11.1 Å². The van der Waals surface area contributed by atoms with E-state index in [1.807, 2.05) is 163 Å². The fourth-order valence-electron chi connectivity index (χ4n) is 7.21. The standard InChI is InChI=1S/2C26H31BrN4O3/c1-16-7-8-18(14-31(25(33)34)26(3,4)5)9-23(16)24(32)29-17(2)19-10-20(12-22(27)11-19)21-13-28-30(6)15-21;1-16-7-8-18(13-28-25(33)34-26(3,4)5)9-23(16)24(32)30-17(2)19-10-20(12-22(27)11-19)21-14-29-31(6)15-21/h7-13,15,17H,14H2,1-6H3,(H,29,32)(H,33,34);7-12,14-15,17H,13H2,1-6H3,(H,28,33)(H,30,32)/t2*17-/m11/s1. The van der Waals surface area contributed by atoms with Gasteiger partial charge in [0.25, 0.3) is 11.8 Å². The second-order valence-electron chi connectivity index (χ2n) is 18.9. The summed E-state index contributed by atoms with van der Waals surface area (Å²) in [5.41, 5.74) is 9.20. The highest BCUT2D eigenvalue weighted by Gasteiger charge is 2.27. The van der Waals surface area contributed by atoms with Crippen molar-refractivity contribution in [2.24, 2.45) is 14.1 Å². The van der Waals surface area contributed by atoms with E-state index in [1.54, 1.807) is 21.5 Å². The summed E-state index contributed by atoms with van der Waals surface area (Å²) in [4.78, 5) is 51.4. The Bertz CT molecular complexity index is 2780. The minimum absolute atomic E-state index is 0.174. The third kappa shape index (κ3) is 14.9. The van der Waals surface area contributed by atoms with Crippen LogP contribution >= 0.6 is 31.9 Å². The largest absolute Gasteiger partial charge is 0.465 e. The highest BCUT2D eigenvalue weighted by atomic mass is 79.9. The number of benzene rings is 4. The van der Waals surface area contributed by atoms with Crippen molar-refractivity contribution in [2.45, 2.75) is 106 Å². The number of halogens is 2. The molecule has 0 radical (unpaired) electrons. The predicted molar refractivity (Wildman–Crippen MR) is 273 cm³/mol. The fraction of sp³-hybridized carbons (Fsp3) is 0.346. The Labute approximate surface area is 416 Å². The molecule has 16 heteroatoms. The third-order valence-electron chi connectivity index (χ3n) is 10.9. The second-order valence-corrected chi connectivity index (χ2v) is 20.8. The van der Waals surface area contributed by atoms with Gasteiger partial charge in [-0.3, -0.25) is 23.9 Å². The molecule has 0 saturated heterocycles. The second kappa shape index (κ2) is 22.2. The molecule has 0 fully saturated rings. The molecule has 0 aliphatic carbocycles. The molecular formula is C52H62Br2N8O6. The van der Waals surface area contributed by atoms with Gasteiger partial charge in [-0.15, -0.1) is 0 Å². The van der Waals surface area contributed by atoms with E-state index in [-0.39, 0.29) is 37.0 Å². The average Bonchev–Trinajstić information content (AvgIpc) is 3.89. The van der Waals surface area contributed by atoms with Gasteiger partial charge in [0.1, 0.15) is 5.60 Å². The summed E-state index contributed by atoms with van der Waals surface area (Å²) in [6, 6.07) is 22.8. The maximum absolute atomic E-state index is 13.2. The number of nitrogens with zero attached hydrogens (tertiary/aromatic N) is 5. The van der Waals surface area contributed by atoms with Gasteiger partial charge in [-0.2, -0.15) is 10.2 Å². The number of alkyl carbamates (subject to hydrolysis) is 1. The molecule has 6 aromatic rings. The SMILES string of the molecule is Cc1ccc(CN(C(=O)O)C(C)(C)C)cc1C(=O)N[C@H](C)c1cc(Br)cc(-c2cnn(C)c2)c1.Cc1ccc(CNC(=O)OC(C)(C)C)cc1C(=O)N[C@H](C)c1cc(Br)cc(-c2cnn(C)c2)c1. The number of hydrogen-bond acceptors (Lipinski definition) is 7. The van der Waals surface area contributed by atoms with Gasteiger partial charge in [-0.25, -0.2) is 9.59 Å². The van der Waals surface area contributed by atoms with Gasteiger partial charge in [0, 0.05) is 76.3 Å². The molecule has 0 spiro atoms. The first kappa shape index (κ1) is 52.7. The van der Waals surface area contributed by atoms with Crippen molar-refractivity contribution < 1.29 is 29.0 Å². The number of amides is 4. The molecule has 0 aliphatic heterocycles. The lowest BCUT2D eigenvalue weighted by molar-refractivity contribution is 0.0523. The van der Waals surface area contributed by atoms with Crippen LogP contribution < -0.4 is 16.0 Å². The Kier molecular flexibility index (Phi) is 17.2. The lowest BCUT2D eigenvalue weighted by Gasteiger charge is -2.33. The molecule has 2 heterocycles. The maximum atomic E-state index is 13.2. The summed E-state index contributed by atoms with van der Waals surface area (Å²) in [6.45, 7) is 19.1. The molecule has 6 rings (SSSR count). The van der Waals surface area contributed by atoms with Crippen molar-refractivity contribution in [1.29, 1.82) is 0 Å². The van der Waals surface area contributed by atoms with Gasteiger partial charge in [0.2, 0.25) is 0 Å². The van der Waals surface area contributed by atoms with Crippen molar-refractivity contribution in [3.63, 3.8) is 0 Å². The zero-order valence-electron chi connectivity index (χ0n) is 40.8. The van der Waals surface area contributed by atoms with E-state index in [9.17, 15) is 24.3 Å². The van der Waals surface area contributed by atoms with Crippen LogP contribution in [0.15, 0.2) is 107 Å². The van der Waals surface area contributed by atoms with E-state index >= 15 is 0 Å². The topological polar surface area (TPSA) is 173 Å². The number of ether oxygens (including phenoxy) is 1. The monoisotopic (exact) mass is 1050 g/mol. The Morgan fingerprint density at radius 3 is 1.51 bits per heavy atom. The highest BCUT2D eigenvalue weighted by molar-refractivity contribution is 9.10. The van der Waals surface area contributed by atoms with Crippen LogP contribution in [0.5, 0.6) is 0 Å². The van der Waals surface area contributed by atoms with Crippen molar-refractivity contribution in [1.82, 2.24) is 40.4 Å². The zero-order valence-corrected chi connectivity index (χ0v) is 44.0. The quantitative estimate of drug-likeness (QED) is 0.0937. The first-order valence-corrected chi connectivity index (χ1v) is 23.7. The minimum atomic E-state index is -0.994. The number of nitrogens with one attached hydrogen (secondary N) is 3. The number of aryl methyl sites for hydroxylation is 4. The molecule has 2 aromatic heterocycles. The molecule has 0 unspecified atom stereocenters. The van der Waals surface area contributed by atoms with Crippen molar-refractivity contribution >= 4 is 55.9 Å². The summed E-state index contributed by atoms with van der Waals surface area (Å²) in [5.74, 6) is -0.376. The molecule has 0 saturated carbocycles. The first-order chi connectivity index (χ1) is 31.8. The molecule has 4 aromatic carbocycles. The molecule has 0 bridgehead atoms. The molecule has 2 atom stereocenters. The van der Waals surface area contributed by atoms with Crippen LogP contribution in [0.4, 0.5) is 9.59 Å². The maximum Gasteiger partial charge on any atom is 0.408 e. The number of rotatable bonds is 12. The lowest BCUT2D eigenvalue weighted by atomic mass is 10.00. The molecular weight excluding hydrogens is 992 g/mol. The normalized spacial score (nSPS) is 12.3. The Balaban J connectivity index is 0.000000254. The fourth-order valence-corrected chi connectivity index (χ4v) is 8.23. The minimum Gasteiger partial charge on any atom is -0.465 e. The molecule has 0 aliphatic rings. The van der Waals surface area contributed by atoms with Crippen molar-refractivity contribution in [2.75, 3.05) is 0 Å². The van der Waals surface area contributed by atoms with Crippen LogP contribution in [0.25, 0.3) is 22.3 Å². The van der Waals surface area contributed by atoms with E-state index in [4.69, 9.17) is 4.74 Å². The van der Waals surface area contributed by atoms with Crippen molar-refractivity contribution in [3.05, 3.63) is 151 Å². The Hall–Kier alpha value is -6.26. The van der Waals surface area contributed by atoms with Crippen LogP contribution in [0.1, 0.15) is 122 Å². The Morgan fingerprint density at radius 2 is 1.12 bits per heavy atom. The van der Waals surface area contributed by atoms with Gasteiger partial charge in [-0.05, 0) is 162 Å². The molecule has 4 amide bonds. The molecule has 14 nitrogen and oxygen atoms in total. The van der Waals surface area contributed by atoms with E-state index in [0.717, 1.165) is 64.6 Å². The van der Waals surface area contributed by atoms with Crippen molar-refractivity contribution in [3.8, 4) is 22.3 Å². The number of carbonyl (C=O) groups excluding carboxylic acids is 3. The van der Waals surface area contributed by atoms with E-state index < -0.39 is 23.3 Å². The number of aromatic nitrogens is 4. The average molecular weight is 1050 g/mol. The van der Waals surface area contributed by atoms with Gasteiger partial charge in [-0.1, -0.05) is 56.1 Å². The molecule has 68 heavy (non-hydrogen) atoms. The predicted octanol–water partition coefficient (Wildman–Crippen LogP) is 11.6. The van der Waals surface area contributed by atoms with Crippen LogP contribution in [0.2, 0.25) is 0 Å². The van der Waals surface area contributed by atoms with Gasteiger partial charge < -0.3 is 25.8 Å². The third-order valence-corrected chi connectivity index (χ3v) is 11.8. The smallest absolute Gasteiger partial charge is 0.408 e. The van der Waals surface area contributed by atoms with E-state index in [2.05, 4.69) is 64.1 Å². The van der Waals surface area contributed by atoms with Crippen LogP contribution in [0.3, 0.4) is 0 Å². The van der Waals surface area contributed by atoms with Crippen LogP contribution in [-0.4, -0.2) is 64.7 Å². The van der Waals surface area contributed by atoms with Crippen LogP contribution in [-0.2, 0) is 31.9 Å². The van der Waals surface area contributed by atoms with Gasteiger partial charge in [0.05, 0.1) is 24.5 Å². The van der Waals surface area contributed by atoms with Crippen LogP contribution in [0, 0.1) is 13.8 Å². The number of hydrogen-bond donors (Lipinski definition) is 4. The first-order valence-electron chi connectivity index (χ1n) is 22.1. The summed E-state index contributed by atoms with van der Waals surface area (Å²) < 4.78 is 10.6. The summed E-state index contributed by atoms with van der Waals surface area (Å²) in [7, 11) is 3.75. The summed E-state index contributed by atoms with van der Waals surface area (Å²) in [6.07, 6.45) is 6.03. The van der Waals surface area contributed by atoms with E-state index in [1.165, 1.54) is 4.90 Å². The van der Waals surface area contributed by atoms with Gasteiger partial charge >= 0.3 is 12.2 Å². The molecule has 4 N–H and O–H groups in total. The zero-order chi connectivity index (χ0) is 50.2.